The number of benzene rings is 2. The van der Waals surface area contributed by atoms with E-state index in [-0.39, 0.29) is 5.56 Å². The topological polar surface area (TPSA) is 56.6 Å². The summed E-state index contributed by atoms with van der Waals surface area (Å²) in [5.74, 6) is 1.59. The van der Waals surface area contributed by atoms with E-state index < -0.39 is 0 Å². The van der Waals surface area contributed by atoms with Crippen molar-refractivity contribution in [1.29, 1.82) is 0 Å². The maximum Gasteiger partial charge on any atom is 0.262 e. The van der Waals surface area contributed by atoms with E-state index in [0.717, 1.165) is 61.3 Å². The van der Waals surface area contributed by atoms with Gasteiger partial charge in [-0.05, 0) is 31.5 Å². The van der Waals surface area contributed by atoms with Crippen molar-refractivity contribution in [3.63, 3.8) is 0 Å². The molecule has 31 heavy (non-hydrogen) atoms. The van der Waals surface area contributed by atoms with E-state index in [2.05, 4.69) is 11.0 Å². The van der Waals surface area contributed by atoms with E-state index in [9.17, 15) is 4.79 Å². The largest absolute Gasteiger partial charge is 0.494 e. The molecule has 0 N–H and O–H groups in total. The number of fused-ring (bicyclic) bond motifs is 1. The first kappa shape index (κ1) is 21.9. The Kier molecular flexibility index (Phi) is 7.61. The van der Waals surface area contributed by atoms with Crippen LogP contribution < -0.4 is 10.3 Å². The minimum Gasteiger partial charge on any atom is -0.494 e. The van der Waals surface area contributed by atoms with Gasteiger partial charge in [-0.2, -0.15) is 0 Å². The normalized spacial score (nSPS) is 14.7. The Bertz CT molecular complexity index is 1060. The first-order valence-corrected chi connectivity index (χ1v) is 11.9. The standard InChI is InChI=1S/C24H29N3O3S/c1-2-30-22-11-6-3-8-19(22)18-31-24-25-21-10-5-4-9-20(21)23(28)27(24)13-7-12-26-14-16-29-17-15-26/h3-6,8-11H,2,7,12-18H2,1H3. The van der Waals surface area contributed by atoms with Crippen LogP contribution in [0.15, 0.2) is 58.5 Å². The van der Waals surface area contributed by atoms with Gasteiger partial charge in [0, 0.05) is 37.5 Å². The third-order valence-corrected chi connectivity index (χ3v) is 6.44. The molecule has 0 amide bonds. The van der Waals surface area contributed by atoms with Gasteiger partial charge in [-0.1, -0.05) is 42.1 Å². The van der Waals surface area contributed by atoms with Crippen molar-refractivity contribution in [2.45, 2.75) is 30.8 Å². The predicted molar refractivity (Wildman–Crippen MR) is 125 cm³/mol. The molecule has 0 unspecified atom stereocenters. The quantitative estimate of drug-likeness (QED) is 0.373. The zero-order valence-electron chi connectivity index (χ0n) is 18.0. The number of morpholine rings is 1. The number of aromatic nitrogens is 2. The highest BCUT2D eigenvalue weighted by Gasteiger charge is 2.14. The van der Waals surface area contributed by atoms with E-state index >= 15 is 0 Å². The number of hydrogen-bond donors (Lipinski definition) is 0. The number of ether oxygens (including phenoxy) is 2. The Morgan fingerprint density at radius 3 is 2.68 bits per heavy atom. The van der Waals surface area contributed by atoms with Gasteiger partial charge in [0.05, 0.1) is 30.7 Å². The van der Waals surface area contributed by atoms with Crippen molar-refractivity contribution in [2.75, 3.05) is 39.5 Å². The number of hydrogen-bond acceptors (Lipinski definition) is 6. The summed E-state index contributed by atoms with van der Waals surface area (Å²) in [4.78, 5) is 20.5. The van der Waals surface area contributed by atoms with Gasteiger partial charge in [-0.3, -0.25) is 14.3 Å². The number of para-hydroxylation sites is 2. The molecule has 1 saturated heterocycles. The van der Waals surface area contributed by atoms with Crippen LogP contribution in [0.5, 0.6) is 5.75 Å². The lowest BCUT2D eigenvalue weighted by Crippen LogP contribution is -2.37. The summed E-state index contributed by atoms with van der Waals surface area (Å²) >= 11 is 1.59. The van der Waals surface area contributed by atoms with Crippen molar-refractivity contribution < 1.29 is 9.47 Å². The molecular formula is C24H29N3O3S. The molecule has 2 heterocycles. The lowest BCUT2D eigenvalue weighted by Gasteiger charge is -2.26. The fourth-order valence-electron chi connectivity index (χ4n) is 3.79. The molecular weight excluding hydrogens is 410 g/mol. The van der Waals surface area contributed by atoms with E-state index in [0.29, 0.717) is 24.3 Å². The molecule has 0 atom stereocenters. The smallest absolute Gasteiger partial charge is 0.262 e. The van der Waals surface area contributed by atoms with E-state index in [1.54, 1.807) is 11.8 Å². The molecule has 0 radical (unpaired) electrons. The first-order chi connectivity index (χ1) is 15.3. The average molecular weight is 440 g/mol. The maximum atomic E-state index is 13.3. The van der Waals surface area contributed by atoms with Crippen LogP contribution in [-0.2, 0) is 17.0 Å². The molecule has 1 aliphatic rings. The Balaban J connectivity index is 1.55. The molecule has 0 bridgehead atoms. The van der Waals surface area contributed by atoms with Gasteiger partial charge in [-0.15, -0.1) is 0 Å². The second-order valence-electron chi connectivity index (χ2n) is 7.51. The monoisotopic (exact) mass is 439 g/mol. The van der Waals surface area contributed by atoms with Crippen molar-refractivity contribution in [3.8, 4) is 5.75 Å². The number of rotatable bonds is 9. The lowest BCUT2D eigenvalue weighted by atomic mass is 10.2. The molecule has 0 aliphatic carbocycles. The molecule has 0 saturated carbocycles. The van der Waals surface area contributed by atoms with E-state index in [1.165, 1.54) is 0 Å². The number of nitrogens with zero attached hydrogens (tertiary/aromatic N) is 3. The van der Waals surface area contributed by atoms with Crippen LogP contribution >= 0.6 is 11.8 Å². The second kappa shape index (κ2) is 10.8. The van der Waals surface area contributed by atoms with Crippen LogP contribution in [0.3, 0.4) is 0 Å². The Morgan fingerprint density at radius 2 is 1.84 bits per heavy atom. The fraction of sp³-hybridized carbons (Fsp3) is 0.417. The number of thioether (sulfide) groups is 1. The van der Waals surface area contributed by atoms with Crippen LogP contribution in [0.25, 0.3) is 10.9 Å². The van der Waals surface area contributed by atoms with Crippen molar-refractivity contribution in [1.82, 2.24) is 14.5 Å². The van der Waals surface area contributed by atoms with Gasteiger partial charge in [0.2, 0.25) is 0 Å². The molecule has 3 aromatic rings. The average Bonchev–Trinajstić information content (AvgIpc) is 2.81. The third kappa shape index (κ3) is 5.47. The molecule has 1 aromatic heterocycles. The highest BCUT2D eigenvalue weighted by Crippen LogP contribution is 2.27. The third-order valence-electron chi connectivity index (χ3n) is 5.42. The van der Waals surface area contributed by atoms with Crippen LogP contribution in [0, 0.1) is 0 Å². The minimum atomic E-state index is 0.0353. The van der Waals surface area contributed by atoms with Gasteiger partial charge in [0.1, 0.15) is 5.75 Å². The van der Waals surface area contributed by atoms with Gasteiger partial charge < -0.3 is 9.47 Å². The van der Waals surface area contributed by atoms with Crippen molar-refractivity contribution >= 4 is 22.7 Å². The maximum absolute atomic E-state index is 13.3. The Hall–Kier alpha value is -2.35. The first-order valence-electron chi connectivity index (χ1n) is 10.9. The summed E-state index contributed by atoms with van der Waals surface area (Å²) in [6, 6.07) is 15.7. The van der Waals surface area contributed by atoms with Crippen LogP contribution in [0.4, 0.5) is 0 Å². The Morgan fingerprint density at radius 1 is 1.06 bits per heavy atom. The molecule has 0 spiro atoms. The van der Waals surface area contributed by atoms with Crippen LogP contribution in [0.2, 0.25) is 0 Å². The molecule has 4 rings (SSSR count). The summed E-state index contributed by atoms with van der Waals surface area (Å²) < 4.78 is 13.0. The van der Waals surface area contributed by atoms with E-state index in [4.69, 9.17) is 14.5 Å². The van der Waals surface area contributed by atoms with Gasteiger partial charge in [0.15, 0.2) is 5.16 Å². The van der Waals surface area contributed by atoms with Crippen molar-refractivity contribution in [2.24, 2.45) is 0 Å². The molecule has 6 nitrogen and oxygen atoms in total. The summed E-state index contributed by atoms with van der Waals surface area (Å²) in [5.41, 5.74) is 1.89. The molecule has 1 aliphatic heterocycles. The van der Waals surface area contributed by atoms with Crippen LogP contribution in [-0.4, -0.2) is 53.9 Å². The van der Waals surface area contributed by atoms with Crippen LogP contribution in [0.1, 0.15) is 18.9 Å². The van der Waals surface area contributed by atoms with Crippen molar-refractivity contribution in [3.05, 3.63) is 64.4 Å². The van der Waals surface area contributed by atoms with Gasteiger partial charge >= 0.3 is 0 Å². The molecule has 2 aromatic carbocycles. The Labute approximate surface area is 187 Å². The highest BCUT2D eigenvalue weighted by atomic mass is 32.2. The van der Waals surface area contributed by atoms with E-state index in [1.807, 2.05) is 54.0 Å². The predicted octanol–water partition coefficient (Wildman–Crippen LogP) is 3.81. The second-order valence-corrected chi connectivity index (χ2v) is 8.45. The SMILES string of the molecule is CCOc1ccccc1CSc1nc2ccccc2c(=O)n1CCCN1CCOCC1. The molecule has 164 valence electrons. The zero-order chi connectivity index (χ0) is 21.5. The highest BCUT2D eigenvalue weighted by molar-refractivity contribution is 7.98. The summed E-state index contributed by atoms with van der Waals surface area (Å²) in [7, 11) is 0. The molecule has 1 fully saturated rings. The zero-order valence-corrected chi connectivity index (χ0v) is 18.8. The summed E-state index contributed by atoms with van der Waals surface area (Å²) in [6.45, 7) is 7.73. The summed E-state index contributed by atoms with van der Waals surface area (Å²) in [6.07, 6.45) is 0.906. The lowest BCUT2D eigenvalue weighted by molar-refractivity contribution is 0.0368. The fourth-order valence-corrected chi connectivity index (χ4v) is 4.81. The summed E-state index contributed by atoms with van der Waals surface area (Å²) in [5, 5.41) is 1.44. The molecule has 7 heteroatoms. The minimum absolute atomic E-state index is 0.0353. The van der Waals surface area contributed by atoms with Gasteiger partial charge in [-0.25, -0.2) is 4.98 Å². The van der Waals surface area contributed by atoms with Gasteiger partial charge in [0.25, 0.3) is 5.56 Å².